The van der Waals surface area contributed by atoms with E-state index in [-0.39, 0.29) is 0 Å². The van der Waals surface area contributed by atoms with Crippen LogP contribution in [0.25, 0.3) is 0 Å². The van der Waals surface area contributed by atoms with Crippen molar-refractivity contribution in [3.63, 3.8) is 0 Å². The number of piperidine rings is 1. The predicted molar refractivity (Wildman–Crippen MR) is 76.4 cm³/mol. The van der Waals surface area contributed by atoms with Gasteiger partial charge < -0.3 is 10.1 Å². The molecule has 1 aromatic carbocycles. The molecule has 0 bridgehead atoms. The molecular formula is C16H25NO. The molecule has 100 valence electrons. The zero-order valence-electron chi connectivity index (χ0n) is 11.8. The van der Waals surface area contributed by atoms with E-state index in [0.29, 0.717) is 11.8 Å². The highest BCUT2D eigenvalue weighted by Crippen LogP contribution is 2.25. The Morgan fingerprint density at radius 3 is 2.89 bits per heavy atom. The van der Waals surface area contributed by atoms with Crippen LogP contribution in [0.4, 0.5) is 0 Å². The maximum Gasteiger partial charge on any atom is 0.122 e. The van der Waals surface area contributed by atoms with Gasteiger partial charge >= 0.3 is 0 Å². The summed E-state index contributed by atoms with van der Waals surface area (Å²) in [5, 5.41) is 3.44. The quantitative estimate of drug-likeness (QED) is 0.879. The van der Waals surface area contributed by atoms with Crippen molar-refractivity contribution in [3.05, 3.63) is 29.3 Å². The molecule has 1 atom stereocenters. The van der Waals surface area contributed by atoms with Gasteiger partial charge in [-0.2, -0.15) is 0 Å². The van der Waals surface area contributed by atoms with Crippen LogP contribution in [-0.4, -0.2) is 19.7 Å². The number of benzene rings is 1. The van der Waals surface area contributed by atoms with Crippen LogP contribution in [0.2, 0.25) is 0 Å². The average Bonchev–Trinajstić information content (AvgIpc) is 2.38. The Bertz CT molecular complexity index is 381. The van der Waals surface area contributed by atoms with E-state index in [1.54, 1.807) is 0 Å². The molecule has 0 spiro atoms. The third kappa shape index (κ3) is 3.49. The highest BCUT2D eigenvalue weighted by molar-refractivity contribution is 5.37. The minimum Gasteiger partial charge on any atom is -0.493 e. The summed E-state index contributed by atoms with van der Waals surface area (Å²) < 4.78 is 6.03. The lowest BCUT2D eigenvalue weighted by Gasteiger charge is -2.23. The summed E-state index contributed by atoms with van der Waals surface area (Å²) in [5.41, 5.74) is 2.60. The van der Waals surface area contributed by atoms with Crippen molar-refractivity contribution in [2.24, 2.45) is 5.92 Å². The number of aryl methyl sites for hydroxylation is 1. The standard InChI is InChI=1S/C16H25NO/c1-12(2)15-7-6-13(3)16(9-15)18-11-14-5-4-8-17-10-14/h6-7,9,12,14,17H,4-5,8,10-11H2,1-3H3/t14-/m1/s1. The Morgan fingerprint density at radius 1 is 1.39 bits per heavy atom. The van der Waals surface area contributed by atoms with Gasteiger partial charge in [-0.05, 0) is 49.4 Å². The molecule has 0 amide bonds. The molecule has 1 saturated heterocycles. The van der Waals surface area contributed by atoms with Crippen LogP contribution in [0.3, 0.4) is 0 Å². The minimum atomic E-state index is 0.560. The molecule has 0 aliphatic carbocycles. The van der Waals surface area contributed by atoms with Gasteiger partial charge in [0.1, 0.15) is 5.75 Å². The van der Waals surface area contributed by atoms with Crippen molar-refractivity contribution >= 4 is 0 Å². The smallest absolute Gasteiger partial charge is 0.122 e. The Kier molecular flexibility index (Phi) is 4.65. The first kappa shape index (κ1) is 13.4. The van der Waals surface area contributed by atoms with E-state index in [1.165, 1.54) is 30.5 Å². The Morgan fingerprint density at radius 2 is 2.22 bits per heavy atom. The first-order valence-corrected chi connectivity index (χ1v) is 7.11. The van der Waals surface area contributed by atoms with E-state index >= 15 is 0 Å². The lowest BCUT2D eigenvalue weighted by atomic mass is 10.00. The van der Waals surface area contributed by atoms with Gasteiger partial charge in [-0.25, -0.2) is 0 Å². The van der Waals surface area contributed by atoms with Crippen molar-refractivity contribution < 1.29 is 4.74 Å². The largest absolute Gasteiger partial charge is 0.493 e. The van der Waals surface area contributed by atoms with Crippen molar-refractivity contribution in [1.82, 2.24) is 5.32 Å². The maximum absolute atomic E-state index is 6.03. The van der Waals surface area contributed by atoms with E-state index in [4.69, 9.17) is 4.74 Å². The fraction of sp³-hybridized carbons (Fsp3) is 0.625. The summed E-state index contributed by atoms with van der Waals surface area (Å²) >= 11 is 0. The number of rotatable bonds is 4. The second kappa shape index (κ2) is 6.24. The van der Waals surface area contributed by atoms with Crippen LogP contribution in [-0.2, 0) is 0 Å². The molecule has 1 fully saturated rings. The fourth-order valence-electron chi connectivity index (χ4n) is 2.41. The zero-order chi connectivity index (χ0) is 13.0. The summed E-state index contributed by atoms with van der Waals surface area (Å²) in [6, 6.07) is 6.58. The van der Waals surface area contributed by atoms with E-state index < -0.39 is 0 Å². The number of hydrogen-bond donors (Lipinski definition) is 1. The first-order chi connectivity index (χ1) is 8.66. The molecule has 1 N–H and O–H groups in total. The molecular weight excluding hydrogens is 222 g/mol. The lowest BCUT2D eigenvalue weighted by Crippen LogP contribution is -2.33. The van der Waals surface area contributed by atoms with Crippen molar-refractivity contribution in [1.29, 1.82) is 0 Å². The molecule has 1 aliphatic heterocycles. The van der Waals surface area contributed by atoms with Crippen LogP contribution in [0.5, 0.6) is 5.75 Å². The number of ether oxygens (including phenoxy) is 1. The maximum atomic E-state index is 6.03. The minimum absolute atomic E-state index is 0.560. The Labute approximate surface area is 111 Å². The third-order valence-electron chi connectivity index (χ3n) is 3.75. The number of nitrogens with one attached hydrogen (secondary N) is 1. The summed E-state index contributed by atoms with van der Waals surface area (Å²) in [6.07, 6.45) is 2.56. The molecule has 0 saturated carbocycles. The Hall–Kier alpha value is -1.02. The van der Waals surface area contributed by atoms with Crippen LogP contribution in [0.1, 0.15) is 43.7 Å². The molecule has 2 nitrogen and oxygen atoms in total. The van der Waals surface area contributed by atoms with Gasteiger partial charge in [-0.15, -0.1) is 0 Å². The third-order valence-corrected chi connectivity index (χ3v) is 3.75. The highest BCUT2D eigenvalue weighted by Gasteiger charge is 2.14. The summed E-state index contributed by atoms with van der Waals surface area (Å²) in [6.45, 7) is 9.67. The summed E-state index contributed by atoms with van der Waals surface area (Å²) in [4.78, 5) is 0. The summed E-state index contributed by atoms with van der Waals surface area (Å²) in [7, 11) is 0. The predicted octanol–water partition coefficient (Wildman–Crippen LogP) is 3.50. The van der Waals surface area contributed by atoms with E-state index in [2.05, 4.69) is 44.3 Å². The van der Waals surface area contributed by atoms with Gasteiger partial charge in [-0.3, -0.25) is 0 Å². The van der Waals surface area contributed by atoms with Gasteiger partial charge in [0.05, 0.1) is 6.61 Å². The van der Waals surface area contributed by atoms with Crippen LogP contribution >= 0.6 is 0 Å². The summed E-state index contributed by atoms with van der Waals surface area (Å²) in [5.74, 6) is 2.29. The second-order valence-electron chi connectivity index (χ2n) is 5.70. The molecule has 1 aromatic rings. The average molecular weight is 247 g/mol. The topological polar surface area (TPSA) is 21.3 Å². The van der Waals surface area contributed by atoms with Crippen molar-refractivity contribution in [2.75, 3.05) is 19.7 Å². The molecule has 2 heteroatoms. The number of hydrogen-bond acceptors (Lipinski definition) is 2. The van der Waals surface area contributed by atoms with E-state index in [1.807, 2.05) is 0 Å². The lowest BCUT2D eigenvalue weighted by molar-refractivity contribution is 0.217. The van der Waals surface area contributed by atoms with Gasteiger partial charge in [0.25, 0.3) is 0 Å². The van der Waals surface area contributed by atoms with E-state index in [9.17, 15) is 0 Å². The van der Waals surface area contributed by atoms with E-state index in [0.717, 1.165) is 18.9 Å². The van der Waals surface area contributed by atoms with Gasteiger partial charge in [0, 0.05) is 12.5 Å². The molecule has 0 aromatic heterocycles. The molecule has 0 unspecified atom stereocenters. The van der Waals surface area contributed by atoms with Crippen LogP contribution in [0.15, 0.2) is 18.2 Å². The van der Waals surface area contributed by atoms with Crippen molar-refractivity contribution in [3.8, 4) is 5.75 Å². The Balaban J connectivity index is 1.97. The normalized spacial score (nSPS) is 20.1. The highest BCUT2D eigenvalue weighted by atomic mass is 16.5. The molecule has 2 rings (SSSR count). The molecule has 0 radical (unpaired) electrons. The SMILES string of the molecule is Cc1ccc(C(C)C)cc1OC[C@@H]1CCCNC1. The van der Waals surface area contributed by atoms with Crippen LogP contribution in [0, 0.1) is 12.8 Å². The molecule has 1 aliphatic rings. The van der Waals surface area contributed by atoms with Crippen LogP contribution < -0.4 is 10.1 Å². The zero-order valence-corrected chi connectivity index (χ0v) is 11.8. The second-order valence-corrected chi connectivity index (χ2v) is 5.70. The van der Waals surface area contributed by atoms with Gasteiger partial charge in [0.15, 0.2) is 0 Å². The van der Waals surface area contributed by atoms with Gasteiger partial charge in [0.2, 0.25) is 0 Å². The fourth-order valence-corrected chi connectivity index (χ4v) is 2.41. The first-order valence-electron chi connectivity index (χ1n) is 7.11. The molecule has 1 heterocycles. The van der Waals surface area contributed by atoms with Gasteiger partial charge in [-0.1, -0.05) is 26.0 Å². The monoisotopic (exact) mass is 247 g/mol. The molecule has 18 heavy (non-hydrogen) atoms. The van der Waals surface area contributed by atoms with Crippen molar-refractivity contribution in [2.45, 2.75) is 39.5 Å².